The number of carbonyl (C=O) groups is 1. The summed E-state index contributed by atoms with van der Waals surface area (Å²) in [6, 6.07) is 23.1. The highest BCUT2D eigenvalue weighted by Crippen LogP contribution is 2.19. The van der Waals surface area contributed by atoms with Gasteiger partial charge in [0.15, 0.2) is 5.78 Å². The van der Waals surface area contributed by atoms with Gasteiger partial charge in [0, 0.05) is 12.0 Å². The van der Waals surface area contributed by atoms with E-state index in [2.05, 4.69) is 0 Å². The van der Waals surface area contributed by atoms with E-state index in [1.54, 1.807) is 12.1 Å². The Balaban J connectivity index is 1.89. The summed E-state index contributed by atoms with van der Waals surface area (Å²) in [5.74, 6) is -0.155. The van der Waals surface area contributed by atoms with Gasteiger partial charge in [0.25, 0.3) is 0 Å². The lowest BCUT2D eigenvalue weighted by Gasteiger charge is -2.07. The summed E-state index contributed by atoms with van der Waals surface area (Å²) >= 11 is 0. The molecule has 102 valence electrons. The highest BCUT2D eigenvalue weighted by Gasteiger charge is 2.13. The van der Waals surface area contributed by atoms with Crippen LogP contribution < -0.4 is 0 Å². The molecule has 21 heavy (non-hydrogen) atoms. The molecule has 2 heteroatoms. The number of nitrogens with one attached hydrogen (secondary N) is 1. The Morgan fingerprint density at radius 2 is 1.48 bits per heavy atom. The molecule has 3 aromatic carbocycles. The van der Waals surface area contributed by atoms with E-state index < -0.39 is 0 Å². The molecule has 0 atom stereocenters. The average molecular weight is 273 g/mol. The maximum absolute atomic E-state index is 12.3. The zero-order valence-electron chi connectivity index (χ0n) is 11.5. The van der Waals surface area contributed by atoms with Gasteiger partial charge in [0.2, 0.25) is 0 Å². The molecule has 1 N–H and O–H groups in total. The fourth-order valence-electron chi connectivity index (χ4n) is 2.47. The second-order valence-corrected chi connectivity index (χ2v) is 4.98. The molecule has 0 saturated carbocycles. The van der Waals surface area contributed by atoms with E-state index in [1.165, 1.54) is 0 Å². The van der Waals surface area contributed by atoms with Gasteiger partial charge in [-0.1, -0.05) is 72.8 Å². The lowest BCUT2D eigenvalue weighted by molar-refractivity contribution is -0.112. The van der Waals surface area contributed by atoms with Crippen molar-refractivity contribution in [3.8, 4) is 0 Å². The van der Waals surface area contributed by atoms with Crippen LogP contribution in [-0.4, -0.2) is 11.5 Å². The highest BCUT2D eigenvalue weighted by molar-refractivity contribution is 6.45. The zero-order chi connectivity index (χ0) is 14.7. The number of hydrogen-bond donors (Lipinski definition) is 1. The first-order valence-corrected chi connectivity index (χ1v) is 6.89. The summed E-state index contributed by atoms with van der Waals surface area (Å²) in [6.45, 7) is 0. The van der Waals surface area contributed by atoms with Crippen molar-refractivity contribution in [1.82, 2.24) is 0 Å². The molecule has 0 amide bonds. The zero-order valence-corrected chi connectivity index (χ0v) is 11.5. The van der Waals surface area contributed by atoms with E-state index in [9.17, 15) is 4.79 Å². The fourth-order valence-corrected chi connectivity index (χ4v) is 2.47. The second-order valence-electron chi connectivity index (χ2n) is 4.98. The Bertz CT molecular complexity index is 801. The van der Waals surface area contributed by atoms with Crippen LogP contribution in [0, 0.1) is 5.41 Å². The van der Waals surface area contributed by atoms with Crippen molar-refractivity contribution in [2.24, 2.45) is 0 Å². The van der Waals surface area contributed by atoms with Crippen LogP contribution in [0.25, 0.3) is 10.8 Å². The van der Waals surface area contributed by atoms with Crippen molar-refractivity contribution in [2.75, 3.05) is 0 Å². The molecule has 3 aromatic rings. The van der Waals surface area contributed by atoms with Gasteiger partial charge in [-0.2, -0.15) is 0 Å². The van der Waals surface area contributed by atoms with Crippen molar-refractivity contribution in [2.45, 2.75) is 6.42 Å². The Hall–Kier alpha value is -2.74. The monoisotopic (exact) mass is 273 g/mol. The quantitative estimate of drug-likeness (QED) is 0.717. The van der Waals surface area contributed by atoms with E-state index in [0.29, 0.717) is 5.56 Å². The molecule has 0 heterocycles. The van der Waals surface area contributed by atoms with Gasteiger partial charge in [0.1, 0.15) is 5.71 Å². The first kappa shape index (κ1) is 13.3. The van der Waals surface area contributed by atoms with Crippen LogP contribution in [0.5, 0.6) is 0 Å². The molecule has 0 unspecified atom stereocenters. The molecule has 0 aromatic heterocycles. The summed E-state index contributed by atoms with van der Waals surface area (Å²) in [7, 11) is 0. The van der Waals surface area contributed by atoms with Crippen LogP contribution in [0.3, 0.4) is 0 Å². The molecule has 0 aliphatic rings. The maximum atomic E-state index is 12.3. The topological polar surface area (TPSA) is 40.9 Å². The first-order chi connectivity index (χ1) is 10.3. The van der Waals surface area contributed by atoms with Crippen LogP contribution >= 0.6 is 0 Å². The Kier molecular flexibility index (Phi) is 3.61. The number of benzene rings is 3. The van der Waals surface area contributed by atoms with Crippen LogP contribution in [-0.2, 0) is 11.2 Å². The summed E-state index contributed by atoms with van der Waals surface area (Å²) in [6.07, 6.45) is 0.259. The third-order valence-electron chi connectivity index (χ3n) is 3.57. The normalized spacial score (nSPS) is 10.5. The predicted octanol–water partition coefficient (Wildman–Crippen LogP) is 4.02. The Morgan fingerprint density at radius 3 is 2.29 bits per heavy atom. The van der Waals surface area contributed by atoms with Gasteiger partial charge in [0.05, 0.1) is 0 Å². The SMILES string of the molecule is N=C(C(=O)Cc1cccc2ccccc12)c1ccccc1. The largest absolute Gasteiger partial charge is 0.297 e. The highest BCUT2D eigenvalue weighted by atomic mass is 16.1. The number of ketones is 1. The van der Waals surface area contributed by atoms with Crippen molar-refractivity contribution >= 4 is 22.3 Å². The van der Waals surface area contributed by atoms with Gasteiger partial charge in [-0.25, -0.2) is 0 Å². The molecule has 0 aliphatic carbocycles. The lowest BCUT2D eigenvalue weighted by Crippen LogP contribution is -2.16. The van der Waals surface area contributed by atoms with Crippen molar-refractivity contribution in [3.63, 3.8) is 0 Å². The summed E-state index contributed by atoms with van der Waals surface area (Å²) in [5.41, 5.74) is 1.71. The Labute approximate surface area is 123 Å². The van der Waals surface area contributed by atoms with Crippen LogP contribution in [0.4, 0.5) is 0 Å². The third kappa shape index (κ3) is 2.75. The molecule has 0 aliphatic heterocycles. The molecule has 2 nitrogen and oxygen atoms in total. The number of Topliss-reactive ketones (excluding diaryl/α,β-unsaturated/α-hetero) is 1. The minimum Gasteiger partial charge on any atom is -0.297 e. The summed E-state index contributed by atoms with van der Waals surface area (Å²) in [4.78, 5) is 12.3. The number of hydrogen-bond acceptors (Lipinski definition) is 2. The molecule has 3 rings (SSSR count). The molecule has 0 saturated heterocycles. The predicted molar refractivity (Wildman–Crippen MR) is 85.9 cm³/mol. The minimum atomic E-state index is -0.155. The smallest absolute Gasteiger partial charge is 0.185 e. The van der Waals surface area contributed by atoms with Crippen LogP contribution in [0.1, 0.15) is 11.1 Å². The van der Waals surface area contributed by atoms with Crippen molar-refractivity contribution in [1.29, 1.82) is 5.41 Å². The molecule has 0 bridgehead atoms. The molecule has 0 radical (unpaired) electrons. The van der Waals surface area contributed by atoms with E-state index in [4.69, 9.17) is 5.41 Å². The standard InChI is InChI=1S/C19H15NO/c20-19(15-8-2-1-3-9-15)18(21)13-16-11-6-10-14-7-4-5-12-17(14)16/h1-12,20H,13H2. The summed E-state index contributed by atoms with van der Waals surface area (Å²) in [5, 5.41) is 10.2. The minimum absolute atomic E-state index is 0.0727. The van der Waals surface area contributed by atoms with Crippen molar-refractivity contribution in [3.05, 3.63) is 83.9 Å². The molecule has 0 spiro atoms. The first-order valence-electron chi connectivity index (χ1n) is 6.89. The maximum Gasteiger partial charge on any atom is 0.185 e. The fraction of sp³-hybridized carbons (Fsp3) is 0.0526. The summed E-state index contributed by atoms with van der Waals surface area (Å²) < 4.78 is 0. The van der Waals surface area contributed by atoms with Crippen LogP contribution in [0.15, 0.2) is 72.8 Å². The van der Waals surface area contributed by atoms with E-state index in [0.717, 1.165) is 16.3 Å². The third-order valence-corrected chi connectivity index (χ3v) is 3.57. The van der Waals surface area contributed by atoms with E-state index in [-0.39, 0.29) is 17.9 Å². The average Bonchev–Trinajstić information content (AvgIpc) is 2.55. The second kappa shape index (κ2) is 5.71. The van der Waals surface area contributed by atoms with E-state index in [1.807, 2.05) is 60.7 Å². The van der Waals surface area contributed by atoms with E-state index >= 15 is 0 Å². The van der Waals surface area contributed by atoms with Gasteiger partial charge in [-0.3, -0.25) is 10.2 Å². The van der Waals surface area contributed by atoms with Gasteiger partial charge in [-0.05, 0) is 16.3 Å². The number of fused-ring (bicyclic) bond motifs is 1. The van der Waals surface area contributed by atoms with Gasteiger partial charge < -0.3 is 0 Å². The number of carbonyl (C=O) groups excluding carboxylic acids is 1. The van der Waals surface area contributed by atoms with Gasteiger partial charge in [-0.15, -0.1) is 0 Å². The van der Waals surface area contributed by atoms with Crippen molar-refractivity contribution < 1.29 is 4.79 Å². The molecular weight excluding hydrogens is 258 g/mol. The lowest BCUT2D eigenvalue weighted by atomic mass is 9.97. The molecular formula is C19H15NO. The number of rotatable bonds is 4. The van der Waals surface area contributed by atoms with Crippen LogP contribution in [0.2, 0.25) is 0 Å². The molecule has 0 fully saturated rings. The Morgan fingerprint density at radius 1 is 0.810 bits per heavy atom. The van der Waals surface area contributed by atoms with Gasteiger partial charge >= 0.3 is 0 Å².